The van der Waals surface area contributed by atoms with E-state index in [0.29, 0.717) is 19.0 Å². The van der Waals surface area contributed by atoms with Crippen LogP contribution in [0, 0.1) is 0 Å². The highest BCUT2D eigenvalue weighted by molar-refractivity contribution is 5.93. The van der Waals surface area contributed by atoms with Gasteiger partial charge in [-0.3, -0.25) is 4.98 Å². The van der Waals surface area contributed by atoms with E-state index in [2.05, 4.69) is 27.1 Å². The van der Waals surface area contributed by atoms with E-state index in [1.54, 1.807) is 6.20 Å². The van der Waals surface area contributed by atoms with Crippen molar-refractivity contribution in [1.82, 2.24) is 9.97 Å². The third-order valence-corrected chi connectivity index (χ3v) is 4.81. The number of benzene rings is 2. The third-order valence-electron chi connectivity index (χ3n) is 4.81. The lowest BCUT2D eigenvalue weighted by Crippen LogP contribution is -2.07. The van der Waals surface area contributed by atoms with Gasteiger partial charge in [0.15, 0.2) is 0 Å². The molecule has 0 bridgehead atoms. The molecular weight excluding hydrogens is 362 g/mol. The van der Waals surface area contributed by atoms with Crippen LogP contribution in [-0.4, -0.2) is 22.4 Å². The van der Waals surface area contributed by atoms with Gasteiger partial charge in [-0.2, -0.15) is 0 Å². The van der Waals surface area contributed by atoms with Crippen LogP contribution in [0.3, 0.4) is 0 Å². The Hall–Kier alpha value is -3.73. The molecule has 4 aromatic rings. The lowest BCUT2D eigenvalue weighted by molar-refractivity contribution is 0.228. The Morgan fingerprint density at radius 1 is 0.931 bits per heavy atom. The predicted molar refractivity (Wildman–Crippen MR) is 112 cm³/mol. The summed E-state index contributed by atoms with van der Waals surface area (Å²) in [6.45, 7) is 0.983. The average Bonchev–Trinajstić information content (AvgIpc) is 3.29. The van der Waals surface area contributed by atoms with Gasteiger partial charge >= 0.3 is 0 Å². The quantitative estimate of drug-likeness (QED) is 0.502. The Balaban J connectivity index is 1.26. The van der Waals surface area contributed by atoms with Crippen LogP contribution >= 0.6 is 0 Å². The van der Waals surface area contributed by atoms with Crippen molar-refractivity contribution >= 4 is 16.8 Å². The van der Waals surface area contributed by atoms with Crippen molar-refractivity contribution in [2.75, 3.05) is 6.54 Å². The molecule has 0 amide bonds. The number of hydrogen-bond acceptors (Lipinski definition) is 5. The molecule has 5 nitrogen and oxygen atoms in total. The molecule has 2 aromatic heterocycles. The summed E-state index contributed by atoms with van der Waals surface area (Å²) in [4.78, 5) is 13.5. The van der Waals surface area contributed by atoms with Crippen molar-refractivity contribution < 1.29 is 9.47 Å². The normalized spacial score (nSPS) is 15.7. The van der Waals surface area contributed by atoms with Gasteiger partial charge in [-0.15, -0.1) is 0 Å². The van der Waals surface area contributed by atoms with Gasteiger partial charge in [0.25, 0.3) is 0 Å². The summed E-state index contributed by atoms with van der Waals surface area (Å²) >= 11 is 0. The molecule has 142 valence electrons. The molecule has 3 heterocycles. The van der Waals surface area contributed by atoms with Crippen LogP contribution in [0.2, 0.25) is 0 Å². The van der Waals surface area contributed by atoms with E-state index < -0.39 is 0 Å². The van der Waals surface area contributed by atoms with Gasteiger partial charge in [-0.25, -0.2) is 9.98 Å². The molecule has 0 aliphatic carbocycles. The van der Waals surface area contributed by atoms with Crippen molar-refractivity contribution in [3.63, 3.8) is 0 Å². The molecule has 2 aromatic carbocycles. The zero-order chi connectivity index (χ0) is 19.5. The van der Waals surface area contributed by atoms with Crippen LogP contribution < -0.4 is 4.74 Å². The zero-order valence-corrected chi connectivity index (χ0v) is 15.7. The highest BCUT2D eigenvalue weighted by Gasteiger charge is 2.23. The first kappa shape index (κ1) is 17.4. The number of pyridine rings is 2. The summed E-state index contributed by atoms with van der Waals surface area (Å²) in [5, 5.41) is 1.13. The third kappa shape index (κ3) is 3.80. The van der Waals surface area contributed by atoms with Gasteiger partial charge in [0.05, 0.1) is 17.8 Å². The maximum Gasteiger partial charge on any atom is 0.236 e. The molecule has 1 atom stereocenters. The Morgan fingerprint density at radius 2 is 1.86 bits per heavy atom. The van der Waals surface area contributed by atoms with E-state index in [-0.39, 0.29) is 6.10 Å². The summed E-state index contributed by atoms with van der Waals surface area (Å²) < 4.78 is 12.0. The monoisotopic (exact) mass is 381 g/mol. The van der Waals surface area contributed by atoms with E-state index in [1.165, 1.54) is 0 Å². The first-order valence-electron chi connectivity index (χ1n) is 9.55. The minimum atomic E-state index is -0.130. The van der Waals surface area contributed by atoms with E-state index in [1.807, 2.05) is 66.7 Å². The summed E-state index contributed by atoms with van der Waals surface area (Å²) in [5.41, 5.74) is 3.65. The Bertz CT molecular complexity index is 1170. The first-order chi connectivity index (χ1) is 14.3. The van der Waals surface area contributed by atoms with Gasteiger partial charge in [0.2, 0.25) is 5.90 Å². The molecule has 0 radical (unpaired) electrons. The molecule has 0 saturated carbocycles. The van der Waals surface area contributed by atoms with Crippen LogP contribution in [0.25, 0.3) is 10.9 Å². The van der Waals surface area contributed by atoms with Crippen molar-refractivity contribution in [2.45, 2.75) is 12.7 Å². The van der Waals surface area contributed by atoms with E-state index in [0.717, 1.165) is 33.6 Å². The van der Waals surface area contributed by atoms with E-state index >= 15 is 0 Å². The van der Waals surface area contributed by atoms with Crippen molar-refractivity contribution in [3.8, 4) is 5.75 Å². The minimum absolute atomic E-state index is 0.130. The number of ether oxygens (including phenoxy) is 2. The fraction of sp³-hybridized carbons (Fsp3) is 0.125. The lowest BCUT2D eigenvalue weighted by atomic mass is 10.1. The molecule has 5 rings (SSSR count). The minimum Gasteiger partial charge on any atom is -0.487 e. The average molecular weight is 381 g/mol. The SMILES string of the molecule is c1ccc(C2=NCC(c3cccc(OCc4ccc5ccccc5n4)c3)O2)nc1. The molecule has 1 unspecified atom stereocenters. The number of fused-ring (bicyclic) bond motifs is 1. The summed E-state index contributed by atoms with van der Waals surface area (Å²) in [6.07, 6.45) is 1.61. The maximum atomic E-state index is 6.02. The number of nitrogens with zero attached hydrogens (tertiary/aromatic N) is 3. The van der Waals surface area contributed by atoms with Crippen LogP contribution in [0.5, 0.6) is 5.75 Å². The van der Waals surface area contributed by atoms with Gasteiger partial charge in [-0.1, -0.05) is 42.5 Å². The first-order valence-corrected chi connectivity index (χ1v) is 9.55. The molecular formula is C24H19N3O2. The highest BCUT2D eigenvalue weighted by atomic mass is 16.5. The number of aromatic nitrogens is 2. The second-order valence-electron chi connectivity index (χ2n) is 6.82. The second-order valence-corrected chi connectivity index (χ2v) is 6.82. The summed E-state index contributed by atoms with van der Waals surface area (Å²) in [5.74, 6) is 1.37. The molecule has 29 heavy (non-hydrogen) atoms. The zero-order valence-electron chi connectivity index (χ0n) is 15.7. The fourth-order valence-corrected chi connectivity index (χ4v) is 3.33. The van der Waals surface area contributed by atoms with Gasteiger partial charge in [0, 0.05) is 11.6 Å². The number of hydrogen-bond donors (Lipinski definition) is 0. The smallest absolute Gasteiger partial charge is 0.236 e. The molecule has 0 fully saturated rings. The Morgan fingerprint density at radius 3 is 2.79 bits per heavy atom. The van der Waals surface area contributed by atoms with Gasteiger partial charge in [-0.05, 0) is 42.0 Å². The summed E-state index contributed by atoms with van der Waals surface area (Å²) in [7, 11) is 0. The van der Waals surface area contributed by atoms with Crippen LogP contribution in [0.1, 0.15) is 23.1 Å². The largest absolute Gasteiger partial charge is 0.487 e. The van der Waals surface area contributed by atoms with Crippen molar-refractivity contribution in [2.24, 2.45) is 4.99 Å². The molecule has 1 aliphatic rings. The number of para-hydroxylation sites is 1. The summed E-state index contributed by atoms with van der Waals surface area (Å²) in [6, 6.07) is 25.8. The lowest BCUT2D eigenvalue weighted by Gasteiger charge is -2.13. The highest BCUT2D eigenvalue weighted by Crippen LogP contribution is 2.27. The molecule has 1 aliphatic heterocycles. The van der Waals surface area contributed by atoms with Crippen LogP contribution in [0.15, 0.2) is 90.1 Å². The van der Waals surface area contributed by atoms with Gasteiger partial charge in [0.1, 0.15) is 24.2 Å². The van der Waals surface area contributed by atoms with Crippen molar-refractivity contribution in [3.05, 3.63) is 102 Å². The standard InChI is InChI=1S/C24H19N3O2/c1-2-9-21-17(6-1)11-12-19(27-21)16-28-20-8-5-7-18(14-20)23-15-26-24(29-23)22-10-3-4-13-25-22/h1-14,23H,15-16H2. The van der Waals surface area contributed by atoms with Crippen LogP contribution in [-0.2, 0) is 11.3 Å². The van der Waals surface area contributed by atoms with E-state index in [9.17, 15) is 0 Å². The number of aliphatic imine (C=N–C) groups is 1. The fourth-order valence-electron chi connectivity index (χ4n) is 3.33. The predicted octanol–water partition coefficient (Wildman–Crippen LogP) is 4.73. The molecule has 0 N–H and O–H groups in total. The molecule has 0 saturated heterocycles. The Kier molecular flexibility index (Phi) is 4.62. The molecule has 0 spiro atoms. The van der Waals surface area contributed by atoms with Gasteiger partial charge < -0.3 is 9.47 Å². The Labute approximate surface area is 168 Å². The molecule has 5 heteroatoms. The van der Waals surface area contributed by atoms with E-state index in [4.69, 9.17) is 9.47 Å². The van der Waals surface area contributed by atoms with Crippen molar-refractivity contribution in [1.29, 1.82) is 0 Å². The topological polar surface area (TPSA) is 56.6 Å². The maximum absolute atomic E-state index is 6.02. The number of rotatable bonds is 5. The second kappa shape index (κ2) is 7.72. The van der Waals surface area contributed by atoms with Crippen LogP contribution in [0.4, 0.5) is 0 Å².